The van der Waals surface area contributed by atoms with Crippen LogP contribution in [0.1, 0.15) is 22.6 Å². The molecule has 9 heteroatoms. The number of furan rings is 1. The van der Waals surface area contributed by atoms with Gasteiger partial charge in [0.15, 0.2) is 0 Å². The van der Waals surface area contributed by atoms with E-state index in [1.165, 1.54) is 29.2 Å². The third kappa shape index (κ3) is 3.89. The van der Waals surface area contributed by atoms with Crippen molar-refractivity contribution in [2.24, 2.45) is 5.73 Å². The summed E-state index contributed by atoms with van der Waals surface area (Å²) in [5.41, 5.74) is 8.71. The third-order valence-electron chi connectivity index (χ3n) is 5.58. The summed E-state index contributed by atoms with van der Waals surface area (Å²) >= 11 is 0. The zero-order chi connectivity index (χ0) is 24.5. The maximum atomic E-state index is 12.1. The van der Waals surface area contributed by atoms with Gasteiger partial charge in [-0.2, -0.15) is 5.26 Å². The van der Waals surface area contributed by atoms with Crippen LogP contribution in [0.15, 0.2) is 89.7 Å². The highest BCUT2D eigenvalue weighted by Gasteiger charge is 2.28. The van der Waals surface area contributed by atoms with Gasteiger partial charge in [-0.15, -0.1) is 0 Å². The summed E-state index contributed by atoms with van der Waals surface area (Å²) in [6, 6.07) is 21.9. The van der Waals surface area contributed by atoms with E-state index in [-0.39, 0.29) is 5.69 Å². The molecule has 2 aromatic heterocycles. The van der Waals surface area contributed by atoms with Crippen molar-refractivity contribution in [3.63, 3.8) is 0 Å². The van der Waals surface area contributed by atoms with E-state index >= 15 is 0 Å². The number of nitro groups is 1. The molecule has 2 N–H and O–H groups in total. The van der Waals surface area contributed by atoms with Gasteiger partial charge in [-0.05, 0) is 29.3 Å². The molecular weight excluding hydrogens is 446 g/mol. The molecule has 0 spiro atoms. The van der Waals surface area contributed by atoms with Gasteiger partial charge >= 0.3 is 6.03 Å². The number of fused-ring (bicyclic) bond motifs is 1. The zero-order valence-electron chi connectivity index (χ0n) is 18.1. The summed E-state index contributed by atoms with van der Waals surface area (Å²) in [6.45, 7) is 0. The van der Waals surface area contributed by atoms with Gasteiger partial charge in [0.25, 0.3) is 5.69 Å². The van der Waals surface area contributed by atoms with Crippen molar-refractivity contribution in [2.45, 2.75) is 0 Å². The lowest BCUT2D eigenvalue weighted by atomic mass is 9.92. The fourth-order valence-corrected chi connectivity index (χ4v) is 3.98. The number of nitro benzene ring substituents is 1. The molecule has 5 aromatic rings. The van der Waals surface area contributed by atoms with Crippen LogP contribution >= 0.6 is 0 Å². The number of carbonyl (C=O) groups excluding carboxylic acids is 1. The van der Waals surface area contributed by atoms with Crippen LogP contribution in [0.2, 0.25) is 0 Å². The van der Waals surface area contributed by atoms with Gasteiger partial charge in [0.05, 0.1) is 28.4 Å². The molecule has 0 saturated carbocycles. The van der Waals surface area contributed by atoms with Crippen LogP contribution in [0.3, 0.4) is 0 Å². The van der Waals surface area contributed by atoms with E-state index in [9.17, 15) is 20.2 Å². The van der Waals surface area contributed by atoms with E-state index in [4.69, 9.17) is 10.2 Å². The van der Waals surface area contributed by atoms with Gasteiger partial charge in [0.2, 0.25) is 0 Å². The monoisotopic (exact) mass is 462 g/mol. The molecular formula is C26H16N5O4. The normalized spacial score (nSPS) is 11.0. The molecule has 9 nitrogen and oxygen atoms in total. The van der Waals surface area contributed by atoms with Crippen molar-refractivity contribution in [3.8, 4) is 17.2 Å². The number of hydrogen-bond donors (Lipinski definition) is 1. The number of benzene rings is 3. The molecule has 0 aliphatic carbocycles. The Bertz CT molecular complexity index is 1610. The Morgan fingerprint density at radius 1 is 1.09 bits per heavy atom. The Hall–Kier alpha value is -5.23. The van der Waals surface area contributed by atoms with E-state index < -0.39 is 11.0 Å². The molecule has 169 valence electrons. The number of carbonyl (C=O) groups is 1. The first-order valence-corrected chi connectivity index (χ1v) is 10.4. The summed E-state index contributed by atoms with van der Waals surface area (Å²) in [5, 5.41) is 21.3. The number of primary amides is 1. The number of imidazole rings is 1. The number of nitriles is 1. The maximum Gasteiger partial charge on any atom is 0.324 e. The van der Waals surface area contributed by atoms with Crippen LogP contribution in [-0.4, -0.2) is 20.5 Å². The zero-order valence-corrected chi connectivity index (χ0v) is 18.1. The highest BCUT2D eigenvalue weighted by molar-refractivity contribution is 5.95. The highest BCUT2D eigenvalue weighted by atomic mass is 16.6. The highest BCUT2D eigenvalue weighted by Crippen LogP contribution is 2.39. The van der Waals surface area contributed by atoms with Crippen molar-refractivity contribution < 1.29 is 14.1 Å². The van der Waals surface area contributed by atoms with Crippen LogP contribution in [0.5, 0.6) is 0 Å². The van der Waals surface area contributed by atoms with E-state index in [1.54, 1.807) is 30.3 Å². The van der Waals surface area contributed by atoms with Crippen molar-refractivity contribution in [3.05, 3.63) is 124 Å². The van der Waals surface area contributed by atoms with Crippen molar-refractivity contribution in [1.82, 2.24) is 9.55 Å². The molecule has 1 amide bonds. The number of nitrogens with two attached hydrogens (primary N) is 1. The van der Waals surface area contributed by atoms with Gasteiger partial charge in [-0.25, -0.2) is 9.78 Å². The molecule has 0 aliphatic rings. The topological polar surface area (TPSA) is 141 Å². The Labute approximate surface area is 198 Å². The van der Waals surface area contributed by atoms with Gasteiger partial charge < -0.3 is 10.2 Å². The van der Waals surface area contributed by atoms with E-state index in [0.29, 0.717) is 45.0 Å². The molecule has 0 atom stereocenters. The molecule has 0 fully saturated rings. The number of nitrogens with zero attached hydrogens (tertiary/aromatic N) is 4. The summed E-state index contributed by atoms with van der Waals surface area (Å²) in [5.74, 6) is 0.842. The fraction of sp³-hybridized carbons (Fsp3) is 0. The van der Waals surface area contributed by atoms with Crippen LogP contribution < -0.4 is 5.73 Å². The number of rotatable bonds is 5. The molecule has 0 bridgehead atoms. The minimum atomic E-state index is -0.736. The smallest absolute Gasteiger partial charge is 0.324 e. The predicted molar refractivity (Wildman–Crippen MR) is 127 cm³/mol. The van der Waals surface area contributed by atoms with Gasteiger partial charge in [0.1, 0.15) is 23.6 Å². The van der Waals surface area contributed by atoms with Crippen molar-refractivity contribution in [1.29, 1.82) is 5.26 Å². The van der Waals surface area contributed by atoms with Gasteiger partial charge in [-0.3, -0.25) is 14.7 Å². The SMILES string of the molecule is N#Cc1ccc([C](c2cc3cc([N+](=O)[O-])cc(-c4ccccc4)c3o2)c2cncn2C(N)=O)cc1. The lowest BCUT2D eigenvalue weighted by Crippen LogP contribution is -2.23. The molecule has 3 aromatic carbocycles. The van der Waals surface area contributed by atoms with Crippen LogP contribution in [-0.2, 0) is 0 Å². The standard InChI is InChI=1S/C26H16N5O4/c27-13-16-6-8-18(9-7-16)24(22-14-29-15-30(22)26(28)32)23-11-19-10-20(31(33)34)12-21(25(19)35-23)17-4-2-1-3-5-17/h1-12,14-15H,(H2,28,32). The molecule has 2 heterocycles. The number of hydrogen-bond acceptors (Lipinski definition) is 6. The Balaban J connectivity index is 1.77. The van der Waals surface area contributed by atoms with Crippen LogP contribution in [0.25, 0.3) is 22.1 Å². The fourth-order valence-electron chi connectivity index (χ4n) is 3.98. The lowest BCUT2D eigenvalue weighted by Gasteiger charge is -2.15. The van der Waals surface area contributed by atoms with Crippen LogP contribution in [0.4, 0.5) is 10.5 Å². The predicted octanol–water partition coefficient (Wildman–Crippen LogP) is 5.02. The first-order chi connectivity index (χ1) is 17.0. The van der Waals surface area contributed by atoms with Gasteiger partial charge in [0, 0.05) is 23.1 Å². The second-order valence-corrected chi connectivity index (χ2v) is 7.70. The average molecular weight is 462 g/mol. The molecule has 0 aliphatic heterocycles. The largest absolute Gasteiger partial charge is 0.459 e. The summed E-state index contributed by atoms with van der Waals surface area (Å²) in [6.07, 6.45) is 2.77. The second kappa shape index (κ2) is 8.61. The van der Waals surface area contributed by atoms with E-state index in [1.807, 2.05) is 30.3 Å². The summed E-state index contributed by atoms with van der Waals surface area (Å²) in [7, 11) is 0. The Kier molecular flexibility index (Phi) is 5.31. The number of non-ortho nitro benzene ring substituents is 1. The third-order valence-corrected chi connectivity index (χ3v) is 5.58. The van der Waals surface area contributed by atoms with Crippen molar-refractivity contribution in [2.75, 3.05) is 0 Å². The van der Waals surface area contributed by atoms with Gasteiger partial charge in [-0.1, -0.05) is 42.5 Å². The minimum absolute atomic E-state index is 0.0780. The quantitative estimate of drug-likeness (QED) is 0.287. The van der Waals surface area contributed by atoms with E-state index in [0.717, 1.165) is 5.56 Å². The van der Waals surface area contributed by atoms with Crippen LogP contribution in [0, 0.1) is 27.4 Å². The second-order valence-electron chi connectivity index (χ2n) is 7.70. The summed E-state index contributed by atoms with van der Waals surface area (Å²) < 4.78 is 7.48. The molecule has 0 unspecified atom stereocenters. The molecule has 35 heavy (non-hydrogen) atoms. The first-order valence-electron chi connectivity index (χ1n) is 10.4. The lowest BCUT2D eigenvalue weighted by molar-refractivity contribution is -0.384. The summed E-state index contributed by atoms with van der Waals surface area (Å²) in [4.78, 5) is 27.3. The van der Waals surface area contributed by atoms with E-state index in [2.05, 4.69) is 11.1 Å². The maximum absolute atomic E-state index is 12.1. The van der Waals surface area contributed by atoms with Crippen molar-refractivity contribution >= 4 is 22.7 Å². The molecule has 0 saturated heterocycles. The molecule has 1 radical (unpaired) electrons. The minimum Gasteiger partial charge on any atom is -0.459 e. The first kappa shape index (κ1) is 21.6. The molecule has 5 rings (SSSR count). The number of amides is 1. The number of aromatic nitrogens is 2. The Morgan fingerprint density at radius 3 is 2.49 bits per heavy atom. The average Bonchev–Trinajstić information content (AvgIpc) is 3.52. The Morgan fingerprint density at radius 2 is 1.83 bits per heavy atom.